The summed E-state index contributed by atoms with van der Waals surface area (Å²) in [6.45, 7) is -0.539. The van der Waals surface area contributed by atoms with Gasteiger partial charge in [0.05, 0.1) is 6.61 Å². The monoisotopic (exact) mass is 192 g/mol. The molecule has 0 unspecified atom stereocenters. The molecule has 0 aliphatic carbocycles. The second-order valence-corrected chi connectivity index (χ2v) is 2.75. The standard InChI is InChI=1S/C7H12O6/c1-12-7-6(11)5(10)4(9)3(2-8)13-7/h3,5-8,10-11H,2H2,1H3/t3-,5-,6+,7+/m1/s1. The fourth-order valence-electron chi connectivity index (χ4n) is 1.15. The van der Waals surface area contributed by atoms with E-state index in [2.05, 4.69) is 4.74 Å². The van der Waals surface area contributed by atoms with Crippen molar-refractivity contribution in [2.45, 2.75) is 24.6 Å². The van der Waals surface area contributed by atoms with Crippen LogP contribution in [0.3, 0.4) is 0 Å². The topological polar surface area (TPSA) is 96.2 Å². The van der Waals surface area contributed by atoms with Crippen LogP contribution in [0, 0.1) is 0 Å². The van der Waals surface area contributed by atoms with Crippen LogP contribution in [0.5, 0.6) is 0 Å². The van der Waals surface area contributed by atoms with E-state index in [1.54, 1.807) is 0 Å². The van der Waals surface area contributed by atoms with E-state index < -0.39 is 37.0 Å². The molecule has 0 bridgehead atoms. The molecular weight excluding hydrogens is 180 g/mol. The summed E-state index contributed by atoms with van der Waals surface area (Å²) in [5.74, 6) is -0.733. The van der Waals surface area contributed by atoms with Gasteiger partial charge in [-0.1, -0.05) is 0 Å². The Hall–Kier alpha value is -0.530. The van der Waals surface area contributed by atoms with Gasteiger partial charge in [-0.15, -0.1) is 0 Å². The zero-order chi connectivity index (χ0) is 10.0. The number of aliphatic hydroxyl groups is 3. The van der Waals surface area contributed by atoms with Gasteiger partial charge >= 0.3 is 0 Å². The van der Waals surface area contributed by atoms with Gasteiger partial charge in [0.2, 0.25) is 0 Å². The summed E-state index contributed by atoms with van der Waals surface area (Å²) in [7, 11) is 1.27. The Morgan fingerprint density at radius 1 is 1.54 bits per heavy atom. The number of ketones is 1. The smallest absolute Gasteiger partial charge is 0.195 e. The largest absolute Gasteiger partial charge is 0.393 e. The fourth-order valence-corrected chi connectivity index (χ4v) is 1.15. The zero-order valence-corrected chi connectivity index (χ0v) is 7.08. The van der Waals surface area contributed by atoms with E-state index in [0.29, 0.717) is 0 Å². The van der Waals surface area contributed by atoms with Crippen LogP contribution in [0.4, 0.5) is 0 Å². The summed E-state index contributed by atoms with van der Waals surface area (Å²) in [4.78, 5) is 11.1. The molecule has 13 heavy (non-hydrogen) atoms. The lowest BCUT2D eigenvalue weighted by Crippen LogP contribution is -2.56. The molecule has 1 heterocycles. The summed E-state index contributed by atoms with van der Waals surface area (Å²) in [6, 6.07) is 0. The molecule has 0 aromatic rings. The maximum Gasteiger partial charge on any atom is 0.195 e. The van der Waals surface area contributed by atoms with Crippen molar-refractivity contribution in [3.05, 3.63) is 0 Å². The Morgan fingerprint density at radius 3 is 2.62 bits per heavy atom. The van der Waals surface area contributed by atoms with Gasteiger partial charge in [0.15, 0.2) is 12.1 Å². The van der Waals surface area contributed by atoms with Gasteiger partial charge in [-0.05, 0) is 0 Å². The molecule has 0 aromatic carbocycles. The van der Waals surface area contributed by atoms with Crippen LogP contribution in [0.2, 0.25) is 0 Å². The first-order valence-electron chi connectivity index (χ1n) is 3.80. The molecule has 0 saturated carbocycles. The molecular formula is C7H12O6. The molecule has 1 saturated heterocycles. The van der Waals surface area contributed by atoms with E-state index in [0.717, 1.165) is 0 Å². The van der Waals surface area contributed by atoms with Crippen molar-refractivity contribution in [1.82, 2.24) is 0 Å². The summed E-state index contributed by atoms with van der Waals surface area (Å²) in [5.41, 5.74) is 0. The fraction of sp³-hybridized carbons (Fsp3) is 0.857. The van der Waals surface area contributed by atoms with E-state index in [1.807, 2.05) is 0 Å². The molecule has 1 fully saturated rings. The average Bonchev–Trinajstić information content (AvgIpc) is 2.15. The van der Waals surface area contributed by atoms with Gasteiger partial charge in [-0.2, -0.15) is 0 Å². The number of rotatable bonds is 2. The van der Waals surface area contributed by atoms with Gasteiger partial charge in [-0.25, -0.2) is 0 Å². The van der Waals surface area contributed by atoms with Crippen molar-refractivity contribution in [2.24, 2.45) is 0 Å². The number of Topliss-reactive ketones (excluding diaryl/α,β-unsaturated/α-hetero) is 1. The van der Waals surface area contributed by atoms with E-state index >= 15 is 0 Å². The van der Waals surface area contributed by atoms with Gasteiger partial charge in [0.25, 0.3) is 0 Å². The first-order valence-corrected chi connectivity index (χ1v) is 3.80. The van der Waals surface area contributed by atoms with Crippen molar-refractivity contribution in [2.75, 3.05) is 13.7 Å². The quantitative estimate of drug-likeness (QED) is 0.453. The molecule has 6 nitrogen and oxygen atoms in total. The Bertz CT molecular complexity index is 189. The lowest BCUT2D eigenvalue weighted by atomic mass is 10.0. The van der Waals surface area contributed by atoms with Crippen LogP contribution in [0.15, 0.2) is 0 Å². The van der Waals surface area contributed by atoms with Gasteiger partial charge in [-0.3, -0.25) is 4.79 Å². The third-order valence-electron chi connectivity index (χ3n) is 1.91. The minimum Gasteiger partial charge on any atom is -0.393 e. The molecule has 6 heteroatoms. The summed E-state index contributed by atoms with van der Waals surface area (Å²) >= 11 is 0. The molecule has 1 rings (SSSR count). The van der Waals surface area contributed by atoms with Crippen molar-refractivity contribution in [3.8, 4) is 0 Å². The molecule has 0 radical (unpaired) electrons. The molecule has 3 N–H and O–H groups in total. The van der Waals surface area contributed by atoms with Gasteiger partial charge < -0.3 is 24.8 Å². The Morgan fingerprint density at radius 2 is 2.15 bits per heavy atom. The van der Waals surface area contributed by atoms with Crippen LogP contribution >= 0.6 is 0 Å². The van der Waals surface area contributed by atoms with Crippen molar-refractivity contribution in [1.29, 1.82) is 0 Å². The Kier molecular flexibility index (Phi) is 3.34. The lowest BCUT2D eigenvalue weighted by Gasteiger charge is -2.34. The third kappa shape index (κ3) is 1.87. The van der Waals surface area contributed by atoms with E-state index in [9.17, 15) is 15.0 Å². The van der Waals surface area contributed by atoms with Gasteiger partial charge in [0, 0.05) is 7.11 Å². The maximum absolute atomic E-state index is 11.1. The van der Waals surface area contributed by atoms with Crippen molar-refractivity contribution in [3.63, 3.8) is 0 Å². The van der Waals surface area contributed by atoms with Crippen LogP contribution in [0.25, 0.3) is 0 Å². The minimum atomic E-state index is -1.56. The van der Waals surface area contributed by atoms with Gasteiger partial charge in [0.1, 0.15) is 18.3 Å². The first kappa shape index (κ1) is 10.6. The highest BCUT2D eigenvalue weighted by Crippen LogP contribution is 2.17. The summed E-state index contributed by atoms with van der Waals surface area (Å²) in [6.07, 6.45) is -5.16. The predicted molar refractivity (Wildman–Crippen MR) is 39.8 cm³/mol. The molecule has 1 aliphatic heterocycles. The Labute approximate surface area is 74.7 Å². The summed E-state index contributed by atoms with van der Waals surface area (Å²) < 4.78 is 9.51. The SMILES string of the molecule is CO[C@H]1O[C@H](CO)C(=O)[C@@H](O)[C@@H]1O. The van der Waals surface area contributed by atoms with E-state index in [4.69, 9.17) is 9.84 Å². The molecule has 1 aliphatic rings. The zero-order valence-electron chi connectivity index (χ0n) is 7.08. The number of aliphatic hydroxyl groups excluding tert-OH is 3. The molecule has 76 valence electrons. The molecule has 0 aromatic heterocycles. The highest BCUT2D eigenvalue weighted by molar-refractivity contribution is 5.88. The molecule has 0 spiro atoms. The lowest BCUT2D eigenvalue weighted by molar-refractivity contribution is -0.248. The van der Waals surface area contributed by atoms with Crippen molar-refractivity contribution < 1.29 is 29.6 Å². The van der Waals surface area contributed by atoms with Crippen LogP contribution in [0.1, 0.15) is 0 Å². The number of carbonyl (C=O) groups is 1. The number of carbonyl (C=O) groups excluding carboxylic acids is 1. The Balaban J connectivity index is 2.72. The maximum atomic E-state index is 11.1. The number of ether oxygens (including phenoxy) is 2. The van der Waals surface area contributed by atoms with E-state index in [1.165, 1.54) is 7.11 Å². The third-order valence-corrected chi connectivity index (χ3v) is 1.91. The number of methoxy groups -OCH3 is 1. The number of hydrogen-bond donors (Lipinski definition) is 3. The second-order valence-electron chi connectivity index (χ2n) is 2.75. The number of hydrogen-bond acceptors (Lipinski definition) is 6. The summed E-state index contributed by atoms with van der Waals surface area (Å²) in [5, 5.41) is 27.1. The second kappa shape index (κ2) is 4.12. The van der Waals surface area contributed by atoms with E-state index in [-0.39, 0.29) is 0 Å². The first-order chi connectivity index (χ1) is 6.11. The molecule has 4 atom stereocenters. The minimum absolute atomic E-state index is 0.539. The van der Waals surface area contributed by atoms with Crippen LogP contribution < -0.4 is 0 Å². The highest BCUT2D eigenvalue weighted by Gasteiger charge is 2.43. The predicted octanol–water partition coefficient (Wildman–Crippen LogP) is -2.36. The van der Waals surface area contributed by atoms with Crippen LogP contribution in [-0.4, -0.2) is 59.4 Å². The molecule has 0 amide bonds. The van der Waals surface area contributed by atoms with Crippen molar-refractivity contribution >= 4 is 5.78 Å². The normalized spacial score (nSPS) is 40.8. The highest BCUT2D eigenvalue weighted by atomic mass is 16.7. The van der Waals surface area contributed by atoms with Crippen LogP contribution in [-0.2, 0) is 14.3 Å². The average molecular weight is 192 g/mol.